The van der Waals surface area contributed by atoms with E-state index in [0.717, 1.165) is 19.6 Å². The van der Waals surface area contributed by atoms with Gasteiger partial charge in [0.1, 0.15) is 0 Å². The Bertz CT molecular complexity index is 484. The lowest BCUT2D eigenvalue weighted by atomic mass is 9.94. The summed E-state index contributed by atoms with van der Waals surface area (Å²) in [5.41, 5.74) is 11.7. The molecule has 1 aromatic carbocycles. The molecule has 1 aliphatic rings. The highest BCUT2D eigenvalue weighted by atomic mass is 15.3. The van der Waals surface area contributed by atoms with Crippen molar-refractivity contribution in [2.75, 3.05) is 33.2 Å². The van der Waals surface area contributed by atoms with Gasteiger partial charge in [0, 0.05) is 38.3 Å². The van der Waals surface area contributed by atoms with E-state index in [9.17, 15) is 0 Å². The number of benzene rings is 1. The van der Waals surface area contributed by atoms with Crippen LogP contribution in [0.4, 0.5) is 0 Å². The van der Waals surface area contributed by atoms with Crippen LogP contribution in [-0.2, 0) is 0 Å². The number of piperazine rings is 1. The molecule has 3 nitrogen and oxygen atoms in total. The van der Waals surface area contributed by atoms with E-state index in [-0.39, 0.29) is 0 Å². The molecule has 1 fully saturated rings. The monoisotopic (exact) mass is 289 g/mol. The molecule has 0 spiro atoms. The molecule has 1 heterocycles. The zero-order chi connectivity index (χ0) is 15.6. The molecule has 0 radical (unpaired) electrons. The van der Waals surface area contributed by atoms with E-state index in [4.69, 9.17) is 5.73 Å². The topological polar surface area (TPSA) is 32.5 Å². The summed E-state index contributed by atoms with van der Waals surface area (Å²) in [6.45, 7) is 13.0. The predicted octanol–water partition coefficient (Wildman–Crippen LogP) is 2.64. The summed E-state index contributed by atoms with van der Waals surface area (Å²) in [5.74, 6) is 0. The molecule has 0 aromatic heterocycles. The van der Waals surface area contributed by atoms with Gasteiger partial charge in [0.05, 0.1) is 0 Å². The first-order valence-electron chi connectivity index (χ1n) is 8.20. The van der Waals surface area contributed by atoms with Gasteiger partial charge >= 0.3 is 0 Å². The van der Waals surface area contributed by atoms with Gasteiger partial charge in [0.15, 0.2) is 0 Å². The number of likely N-dealkylation sites (N-methyl/N-ethyl adjacent to an activating group) is 1. The minimum Gasteiger partial charge on any atom is -0.329 e. The molecule has 0 bridgehead atoms. The Morgan fingerprint density at radius 2 is 1.81 bits per heavy atom. The predicted molar refractivity (Wildman–Crippen MR) is 90.7 cm³/mol. The van der Waals surface area contributed by atoms with Crippen molar-refractivity contribution in [3.05, 3.63) is 34.4 Å². The fourth-order valence-electron chi connectivity index (χ4n) is 3.51. The van der Waals surface area contributed by atoms with Crippen LogP contribution in [-0.4, -0.2) is 49.1 Å². The standard InChI is InChI=1S/C18H31N3/c1-6-16-12-21(8-7-20(16)5)18(11-19)17-10-14(3)13(2)9-15(17)4/h9-10,16,18H,6-8,11-12,19H2,1-5H3. The molecular weight excluding hydrogens is 258 g/mol. The third kappa shape index (κ3) is 3.47. The quantitative estimate of drug-likeness (QED) is 0.925. The summed E-state index contributed by atoms with van der Waals surface area (Å²) < 4.78 is 0. The Labute approximate surface area is 130 Å². The molecule has 1 aliphatic heterocycles. The van der Waals surface area contributed by atoms with Crippen molar-refractivity contribution in [2.45, 2.75) is 46.2 Å². The Balaban J connectivity index is 2.26. The highest BCUT2D eigenvalue weighted by molar-refractivity contribution is 5.38. The molecule has 21 heavy (non-hydrogen) atoms. The van der Waals surface area contributed by atoms with Crippen molar-refractivity contribution in [3.63, 3.8) is 0 Å². The minimum atomic E-state index is 0.354. The summed E-state index contributed by atoms with van der Waals surface area (Å²) in [6, 6.07) is 5.66. The van der Waals surface area contributed by atoms with Crippen LogP contribution in [0.15, 0.2) is 12.1 Å². The van der Waals surface area contributed by atoms with Gasteiger partial charge in [-0.25, -0.2) is 0 Å². The van der Waals surface area contributed by atoms with Gasteiger partial charge in [-0.2, -0.15) is 0 Å². The molecule has 0 saturated carbocycles. The van der Waals surface area contributed by atoms with Crippen LogP contribution in [0.2, 0.25) is 0 Å². The highest BCUT2D eigenvalue weighted by Gasteiger charge is 2.28. The van der Waals surface area contributed by atoms with E-state index in [1.54, 1.807) is 0 Å². The average Bonchev–Trinajstić information content (AvgIpc) is 2.46. The number of hydrogen-bond donors (Lipinski definition) is 1. The first-order valence-corrected chi connectivity index (χ1v) is 8.20. The molecule has 0 amide bonds. The molecule has 2 atom stereocenters. The Morgan fingerprint density at radius 3 is 2.43 bits per heavy atom. The lowest BCUT2D eigenvalue weighted by Gasteiger charge is -2.43. The van der Waals surface area contributed by atoms with Gasteiger partial charge in [0.25, 0.3) is 0 Å². The van der Waals surface area contributed by atoms with Crippen molar-refractivity contribution in [1.29, 1.82) is 0 Å². The molecule has 2 N–H and O–H groups in total. The van der Waals surface area contributed by atoms with E-state index in [1.165, 1.54) is 28.7 Å². The van der Waals surface area contributed by atoms with Crippen LogP contribution in [0.25, 0.3) is 0 Å². The van der Waals surface area contributed by atoms with Crippen LogP contribution in [0.5, 0.6) is 0 Å². The SMILES string of the molecule is CCC1CN(C(CN)c2cc(C)c(C)cc2C)CCN1C. The smallest absolute Gasteiger partial charge is 0.0474 e. The second-order valence-corrected chi connectivity index (χ2v) is 6.58. The second-order valence-electron chi connectivity index (χ2n) is 6.58. The maximum atomic E-state index is 6.16. The van der Waals surface area contributed by atoms with Crippen LogP contribution in [0.1, 0.15) is 41.6 Å². The Hall–Kier alpha value is -0.900. The first kappa shape index (κ1) is 16.5. The molecule has 118 valence electrons. The fourth-order valence-corrected chi connectivity index (χ4v) is 3.51. The number of nitrogens with zero attached hydrogens (tertiary/aromatic N) is 2. The van der Waals surface area contributed by atoms with Crippen molar-refractivity contribution in [2.24, 2.45) is 5.73 Å². The van der Waals surface area contributed by atoms with Crippen LogP contribution in [0, 0.1) is 20.8 Å². The van der Waals surface area contributed by atoms with Crippen molar-refractivity contribution in [3.8, 4) is 0 Å². The largest absolute Gasteiger partial charge is 0.329 e. The Kier molecular flexibility index (Phi) is 5.42. The summed E-state index contributed by atoms with van der Waals surface area (Å²) in [5, 5.41) is 0. The third-order valence-electron chi connectivity index (χ3n) is 5.19. The molecule has 1 saturated heterocycles. The van der Waals surface area contributed by atoms with Crippen LogP contribution in [0.3, 0.4) is 0 Å². The van der Waals surface area contributed by atoms with Crippen molar-refractivity contribution >= 4 is 0 Å². The molecule has 0 aliphatic carbocycles. The fraction of sp³-hybridized carbons (Fsp3) is 0.667. The van der Waals surface area contributed by atoms with Gasteiger partial charge < -0.3 is 10.6 Å². The van der Waals surface area contributed by atoms with Crippen LogP contribution < -0.4 is 5.73 Å². The molecule has 2 unspecified atom stereocenters. The highest BCUT2D eigenvalue weighted by Crippen LogP contribution is 2.28. The summed E-state index contributed by atoms with van der Waals surface area (Å²) in [7, 11) is 2.24. The summed E-state index contributed by atoms with van der Waals surface area (Å²) in [4.78, 5) is 5.07. The summed E-state index contributed by atoms with van der Waals surface area (Å²) in [6.07, 6.45) is 1.20. The number of aryl methyl sites for hydroxylation is 3. The normalized spacial score (nSPS) is 22.5. The van der Waals surface area contributed by atoms with Crippen molar-refractivity contribution < 1.29 is 0 Å². The van der Waals surface area contributed by atoms with E-state index < -0.39 is 0 Å². The van der Waals surface area contributed by atoms with Crippen LogP contribution >= 0.6 is 0 Å². The Morgan fingerprint density at radius 1 is 1.14 bits per heavy atom. The van der Waals surface area contributed by atoms with E-state index in [1.807, 2.05) is 0 Å². The molecule has 2 rings (SSSR count). The first-order chi connectivity index (χ1) is 9.97. The van der Waals surface area contributed by atoms with Gasteiger partial charge in [0.2, 0.25) is 0 Å². The van der Waals surface area contributed by atoms with E-state index in [2.05, 4.69) is 56.7 Å². The van der Waals surface area contributed by atoms with Gasteiger partial charge in [-0.05, 0) is 56.5 Å². The zero-order valence-electron chi connectivity index (χ0n) is 14.3. The van der Waals surface area contributed by atoms with Gasteiger partial charge in [-0.1, -0.05) is 19.1 Å². The molecule has 3 heteroatoms. The lowest BCUT2D eigenvalue weighted by molar-refractivity contribution is 0.0642. The van der Waals surface area contributed by atoms with Gasteiger partial charge in [-0.15, -0.1) is 0 Å². The zero-order valence-corrected chi connectivity index (χ0v) is 14.3. The number of nitrogens with two attached hydrogens (primary N) is 1. The van der Waals surface area contributed by atoms with E-state index in [0.29, 0.717) is 18.6 Å². The summed E-state index contributed by atoms with van der Waals surface area (Å²) >= 11 is 0. The average molecular weight is 289 g/mol. The van der Waals surface area contributed by atoms with E-state index >= 15 is 0 Å². The van der Waals surface area contributed by atoms with Gasteiger partial charge in [-0.3, -0.25) is 4.90 Å². The minimum absolute atomic E-state index is 0.354. The number of rotatable bonds is 4. The molecule has 1 aromatic rings. The second kappa shape index (κ2) is 6.91. The lowest BCUT2D eigenvalue weighted by Crippen LogP contribution is -2.53. The molecular formula is C18H31N3. The third-order valence-corrected chi connectivity index (χ3v) is 5.19. The maximum Gasteiger partial charge on any atom is 0.0474 e. The maximum absolute atomic E-state index is 6.16. The van der Waals surface area contributed by atoms with Crippen molar-refractivity contribution in [1.82, 2.24) is 9.80 Å². The number of hydrogen-bond acceptors (Lipinski definition) is 3.